The van der Waals surface area contributed by atoms with Crippen LogP contribution in [0, 0.1) is 0 Å². The van der Waals surface area contributed by atoms with Gasteiger partial charge in [-0.25, -0.2) is 10.2 Å². The Morgan fingerprint density at radius 1 is 1.67 bits per heavy atom. The molecule has 1 aromatic heterocycles. The van der Waals surface area contributed by atoms with E-state index in [9.17, 15) is 0 Å². The molecule has 84 valence electrons. The Morgan fingerprint density at radius 3 is 3.20 bits per heavy atom. The van der Waals surface area contributed by atoms with E-state index in [2.05, 4.69) is 26.5 Å². The van der Waals surface area contributed by atoms with Crippen molar-refractivity contribution in [3.8, 4) is 0 Å². The molecule has 1 N–H and O–H groups in total. The summed E-state index contributed by atoms with van der Waals surface area (Å²) in [5.74, 6) is 0.673. The summed E-state index contributed by atoms with van der Waals surface area (Å²) in [7, 11) is 1.56. The van der Waals surface area contributed by atoms with Crippen molar-refractivity contribution in [2.75, 3.05) is 19.2 Å². The zero-order chi connectivity index (χ0) is 10.7. The third kappa shape index (κ3) is 2.50. The second-order valence-corrected chi connectivity index (χ2v) is 4.29. The maximum atomic E-state index is 5.62. The van der Waals surface area contributed by atoms with Gasteiger partial charge in [-0.05, 0) is 35.2 Å². The van der Waals surface area contributed by atoms with Crippen LogP contribution < -0.4 is 5.48 Å². The van der Waals surface area contributed by atoms with Gasteiger partial charge >= 0.3 is 0 Å². The summed E-state index contributed by atoms with van der Waals surface area (Å²) < 4.78 is 8.32. The molecule has 0 saturated carbocycles. The summed E-state index contributed by atoms with van der Waals surface area (Å²) in [4.78, 5) is 4.81. The van der Waals surface area contributed by atoms with E-state index < -0.39 is 0 Å². The average molecular weight is 276 g/mol. The second-order valence-electron chi connectivity index (χ2n) is 3.43. The third-order valence-corrected chi connectivity index (χ3v) is 2.92. The second kappa shape index (κ2) is 4.96. The zero-order valence-corrected chi connectivity index (χ0v) is 10.2. The highest BCUT2D eigenvalue weighted by molar-refractivity contribution is 9.10. The van der Waals surface area contributed by atoms with E-state index in [-0.39, 0.29) is 6.23 Å². The predicted octanol–water partition coefficient (Wildman–Crippen LogP) is 2.32. The highest BCUT2D eigenvalue weighted by Crippen LogP contribution is 2.27. The molecule has 1 unspecified atom stereocenters. The van der Waals surface area contributed by atoms with Crippen molar-refractivity contribution in [2.45, 2.75) is 25.5 Å². The van der Waals surface area contributed by atoms with Crippen LogP contribution in [0.1, 0.15) is 25.5 Å². The van der Waals surface area contributed by atoms with Gasteiger partial charge in [0, 0.05) is 12.8 Å². The summed E-state index contributed by atoms with van der Waals surface area (Å²) >= 11 is 3.40. The lowest BCUT2D eigenvalue weighted by Crippen LogP contribution is -2.18. The molecule has 1 fully saturated rings. The fraction of sp³-hybridized carbons (Fsp3) is 0.667. The van der Waals surface area contributed by atoms with Gasteiger partial charge in [0.05, 0.1) is 11.6 Å². The predicted molar refractivity (Wildman–Crippen MR) is 59.4 cm³/mol. The smallest absolute Gasteiger partial charge is 0.186 e. The van der Waals surface area contributed by atoms with E-state index in [0.29, 0.717) is 5.82 Å². The number of halogens is 1. The summed E-state index contributed by atoms with van der Waals surface area (Å²) in [5.41, 5.74) is 2.70. The molecule has 15 heavy (non-hydrogen) atoms. The van der Waals surface area contributed by atoms with Gasteiger partial charge in [0.2, 0.25) is 0 Å². The van der Waals surface area contributed by atoms with Gasteiger partial charge in [0.1, 0.15) is 6.23 Å². The molecule has 0 aromatic carbocycles. The Balaban J connectivity index is 2.10. The van der Waals surface area contributed by atoms with Crippen molar-refractivity contribution < 1.29 is 9.57 Å². The average Bonchev–Trinajstić information content (AvgIpc) is 2.63. The molecule has 2 heterocycles. The van der Waals surface area contributed by atoms with Crippen LogP contribution in [0.5, 0.6) is 0 Å². The molecule has 1 atom stereocenters. The number of hydrogen-bond donors (Lipinski definition) is 1. The van der Waals surface area contributed by atoms with E-state index in [1.54, 1.807) is 7.11 Å². The lowest BCUT2D eigenvalue weighted by molar-refractivity contribution is -0.0394. The summed E-state index contributed by atoms with van der Waals surface area (Å²) in [6.07, 6.45) is 5.30. The first-order chi connectivity index (χ1) is 7.31. The van der Waals surface area contributed by atoms with E-state index >= 15 is 0 Å². The molecule has 1 aromatic rings. The van der Waals surface area contributed by atoms with Gasteiger partial charge in [0.15, 0.2) is 5.82 Å². The lowest BCUT2D eigenvalue weighted by Gasteiger charge is -2.22. The van der Waals surface area contributed by atoms with Gasteiger partial charge in [-0.2, -0.15) is 0 Å². The van der Waals surface area contributed by atoms with Crippen molar-refractivity contribution in [3.05, 3.63) is 10.7 Å². The van der Waals surface area contributed by atoms with Gasteiger partial charge in [-0.15, -0.1) is 5.10 Å². The Morgan fingerprint density at radius 2 is 2.53 bits per heavy atom. The molecule has 0 aliphatic carbocycles. The monoisotopic (exact) mass is 275 g/mol. The molecular formula is C9H14BrN3O2. The third-order valence-electron chi connectivity index (χ3n) is 2.34. The first-order valence-corrected chi connectivity index (χ1v) is 5.76. The largest absolute Gasteiger partial charge is 0.357 e. The number of ether oxygens (including phenoxy) is 1. The molecule has 0 radical (unpaired) electrons. The standard InChI is InChI=1S/C9H14BrN3O2/c1-14-12-9-7(10)6-13(11-9)8-4-2-3-5-15-8/h6,8H,2-5H2,1H3,(H,11,12). The van der Waals surface area contributed by atoms with Crippen molar-refractivity contribution in [3.63, 3.8) is 0 Å². The molecule has 0 spiro atoms. The number of nitrogens with one attached hydrogen (secondary N) is 1. The van der Waals surface area contributed by atoms with Gasteiger partial charge < -0.3 is 4.74 Å². The van der Waals surface area contributed by atoms with Crippen molar-refractivity contribution in [1.29, 1.82) is 0 Å². The minimum absolute atomic E-state index is 0.0578. The first-order valence-electron chi connectivity index (χ1n) is 4.96. The van der Waals surface area contributed by atoms with E-state index in [1.165, 1.54) is 6.42 Å². The molecule has 0 bridgehead atoms. The highest BCUT2D eigenvalue weighted by Gasteiger charge is 2.18. The van der Waals surface area contributed by atoms with Gasteiger partial charge in [0.25, 0.3) is 0 Å². The van der Waals surface area contributed by atoms with Crippen molar-refractivity contribution in [1.82, 2.24) is 9.78 Å². The topological polar surface area (TPSA) is 48.3 Å². The minimum Gasteiger partial charge on any atom is -0.357 e. The van der Waals surface area contributed by atoms with Gasteiger partial charge in [-0.1, -0.05) is 0 Å². The molecule has 1 saturated heterocycles. The van der Waals surface area contributed by atoms with E-state index in [1.807, 2.05) is 10.9 Å². The molecule has 1 aliphatic rings. The number of anilines is 1. The molecule has 5 nitrogen and oxygen atoms in total. The van der Waals surface area contributed by atoms with E-state index in [4.69, 9.17) is 9.57 Å². The minimum atomic E-state index is 0.0578. The van der Waals surface area contributed by atoms with Gasteiger partial charge in [-0.3, -0.25) is 4.84 Å². The number of hydrogen-bond acceptors (Lipinski definition) is 4. The molecular weight excluding hydrogens is 262 g/mol. The maximum Gasteiger partial charge on any atom is 0.186 e. The Labute approximate surface area is 96.8 Å². The van der Waals surface area contributed by atoms with Crippen molar-refractivity contribution >= 4 is 21.7 Å². The van der Waals surface area contributed by atoms with E-state index in [0.717, 1.165) is 23.9 Å². The van der Waals surface area contributed by atoms with Crippen LogP contribution >= 0.6 is 15.9 Å². The van der Waals surface area contributed by atoms with Crippen LogP contribution in [-0.4, -0.2) is 23.5 Å². The summed E-state index contributed by atoms with van der Waals surface area (Å²) in [6, 6.07) is 0. The van der Waals surface area contributed by atoms with Crippen LogP contribution in [0.15, 0.2) is 10.7 Å². The highest BCUT2D eigenvalue weighted by atomic mass is 79.9. The molecule has 0 amide bonds. The molecule has 6 heteroatoms. The Kier molecular flexibility index (Phi) is 3.61. The lowest BCUT2D eigenvalue weighted by atomic mass is 10.2. The number of rotatable bonds is 3. The SMILES string of the molecule is CONc1nn(C2CCCCO2)cc1Br. The Hall–Kier alpha value is -0.590. The number of aromatic nitrogens is 2. The quantitative estimate of drug-likeness (QED) is 0.861. The summed E-state index contributed by atoms with van der Waals surface area (Å²) in [6.45, 7) is 0.815. The van der Waals surface area contributed by atoms with Crippen LogP contribution in [0.3, 0.4) is 0 Å². The maximum absolute atomic E-state index is 5.62. The summed E-state index contributed by atoms with van der Waals surface area (Å²) in [5, 5.41) is 4.33. The molecule has 1 aliphatic heterocycles. The van der Waals surface area contributed by atoms with Crippen LogP contribution in [0.25, 0.3) is 0 Å². The number of nitrogens with zero attached hydrogens (tertiary/aromatic N) is 2. The normalized spacial score (nSPS) is 21.6. The van der Waals surface area contributed by atoms with Crippen molar-refractivity contribution in [2.24, 2.45) is 0 Å². The van der Waals surface area contributed by atoms with Crippen LogP contribution in [0.2, 0.25) is 0 Å². The molecule has 2 rings (SSSR count). The van der Waals surface area contributed by atoms with Crippen LogP contribution in [-0.2, 0) is 9.57 Å². The van der Waals surface area contributed by atoms with Crippen LogP contribution in [0.4, 0.5) is 5.82 Å². The fourth-order valence-electron chi connectivity index (χ4n) is 1.62. The fourth-order valence-corrected chi connectivity index (χ4v) is 1.99. The zero-order valence-electron chi connectivity index (χ0n) is 8.57. The Bertz CT molecular complexity index is 323. The first kappa shape index (κ1) is 10.9.